The summed E-state index contributed by atoms with van der Waals surface area (Å²) < 4.78 is 1.78. The van der Waals surface area contributed by atoms with Gasteiger partial charge in [-0.05, 0) is 30.7 Å². The third kappa shape index (κ3) is 1.58. The van der Waals surface area contributed by atoms with Crippen molar-refractivity contribution in [2.45, 2.75) is 6.92 Å². The minimum Gasteiger partial charge on any atom is -0.241 e. The monoisotopic (exact) mass is 192 g/mol. The van der Waals surface area contributed by atoms with Gasteiger partial charge in [0, 0.05) is 17.4 Å². The van der Waals surface area contributed by atoms with Crippen molar-refractivity contribution in [2.24, 2.45) is 0 Å². The van der Waals surface area contributed by atoms with Crippen LogP contribution < -0.4 is 0 Å². The fourth-order valence-electron chi connectivity index (χ4n) is 1.15. The summed E-state index contributed by atoms with van der Waals surface area (Å²) in [5.41, 5.74) is 2.07. The number of hydrogen-bond acceptors (Lipinski definition) is 1. The van der Waals surface area contributed by atoms with Crippen molar-refractivity contribution in [3.8, 4) is 5.69 Å². The second-order valence-electron chi connectivity index (χ2n) is 2.88. The van der Waals surface area contributed by atoms with Crippen LogP contribution in [0.15, 0.2) is 36.7 Å². The maximum atomic E-state index is 5.99. The summed E-state index contributed by atoms with van der Waals surface area (Å²) in [6.45, 7) is 1.98. The maximum absolute atomic E-state index is 5.99. The highest BCUT2D eigenvalue weighted by molar-refractivity contribution is 6.31. The van der Waals surface area contributed by atoms with Gasteiger partial charge in [0.25, 0.3) is 0 Å². The molecule has 13 heavy (non-hydrogen) atoms. The van der Waals surface area contributed by atoms with Crippen LogP contribution >= 0.6 is 11.6 Å². The van der Waals surface area contributed by atoms with Gasteiger partial charge in [-0.3, -0.25) is 0 Å². The van der Waals surface area contributed by atoms with Crippen molar-refractivity contribution in [2.75, 3.05) is 0 Å². The summed E-state index contributed by atoms with van der Waals surface area (Å²) in [6, 6.07) is 7.77. The molecule has 0 bridgehead atoms. The van der Waals surface area contributed by atoms with Gasteiger partial charge in [-0.2, -0.15) is 5.10 Å². The molecule has 0 radical (unpaired) electrons. The van der Waals surface area contributed by atoms with Crippen molar-refractivity contribution in [3.05, 3.63) is 47.2 Å². The molecule has 1 aromatic heterocycles. The first-order valence-corrected chi connectivity index (χ1v) is 4.41. The van der Waals surface area contributed by atoms with E-state index in [0.717, 1.165) is 16.3 Å². The summed E-state index contributed by atoms with van der Waals surface area (Å²) in [5.74, 6) is 0. The Balaban J connectivity index is 2.49. The summed E-state index contributed by atoms with van der Waals surface area (Å²) in [5, 5.41) is 4.89. The first kappa shape index (κ1) is 8.32. The number of nitrogens with zero attached hydrogens (tertiary/aromatic N) is 2. The summed E-state index contributed by atoms with van der Waals surface area (Å²) in [7, 11) is 0. The van der Waals surface area contributed by atoms with Gasteiger partial charge in [-0.1, -0.05) is 17.7 Å². The van der Waals surface area contributed by atoms with E-state index in [0.29, 0.717) is 0 Å². The lowest BCUT2D eigenvalue weighted by Gasteiger charge is -2.03. The quantitative estimate of drug-likeness (QED) is 0.680. The molecule has 0 amide bonds. The van der Waals surface area contributed by atoms with E-state index >= 15 is 0 Å². The van der Waals surface area contributed by atoms with Gasteiger partial charge in [-0.15, -0.1) is 0 Å². The molecule has 0 fully saturated rings. The van der Waals surface area contributed by atoms with E-state index in [-0.39, 0.29) is 0 Å². The lowest BCUT2D eigenvalue weighted by atomic mass is 10.2. The zero-order valence-corrected chi connectivity index (χ0v) is 7.99. The molecule has 2 rings (SSSR count). The Kier molecular flexibility index (Phi) is 2.07. The normalized spacial score (nSPS) is 10.3. The number of rotatable bonds is 1. The van der Waals surface area contributed by atoms with Crippen molar-refractivity contribution in [3.63, 3.8) is 0 Å². The van der Waals surface area contributed by atoms with Crippen LogP contribution in [0, 0.1) is 6.92 Å². The Morgan fingerprint density at radius 1 is 1.38 bits per heavy atom. The summed E-state index contributed by atoms with van der Waals surface area (Å²) in [6.07, 6.45) is 3.63. The Morgan fingerprint density at radius 3 is 2.85 bits per heavy atom. The molecule has 66 valence electrons. The molecule has 0 aliphatic rings. The van der Waals surface area contributed by atoms with E-state index in [9.17, 15) is 0 Å². The van der Waals surface area contributed by atoms with Crippen molar-refractivity contribution in [1.29, 1.82) is 0 Å². The second kappa shape index (κ2) is 3.23. The Bertz CT molecular complexity index is 407. The first-order chi connectivity index (χ1) is 6.27. The van der Waals surface area contributed by atoms with Crippen LogP contribution in [0.2, 0.25) is 5.02 Å². The molecule has 0 aliphatic carbocycles. The molecule has 1 aromatic carbocycles. The van der Waals surface area contributed by atoms with Gasteiger partial charge in [-0.25, -0.2) is 4.68 Å². The highest BCUT2D eigenvalue weighted by atomic mass is 35.5. The number of benzene rings is 1. The molecule has 2 nitrogen and oxygen atoms in total. The second-order valence-corrected chi connectivity index (χ2v) is 3.29. The smallest absolute Gasteiger partial charge is 0.0660 e. The van der Waals surface area contributed by atoms with Crippen LogP contribution in [0.25, 0.3) is 5.69 Å². The van der Waals surface area contributed by atoms with Crippen LogP contribution in [0.5, 0.6) is 0 Å². The molecule has 3 heteroatoms. The molecule has 0 saturated heterocycles. The Hall–Kier alpha value is -1.28. The summed E-state index contributed by atoms with van der Waals surface area (Å²) >= 11 is 5.99. The van der Waals surface area contributed by atoms with E-state index in [1.54, 1.807) is 10.9 Å². The zero-order valence-electron chi connectivity index (χ0n) is 7.24. The van der Waals surface area contributed by atoms with E-state index in [1.165, 1.54) is 0 Å². The molecule has 0 atom stereocenters. The average molecular weight is 193 g/mol. The van der Waals surface area contributed by atoms with Crippen LogP contribution in [-0.4, -0.2) is 9.78 Å². The fraction of sp³-hybridized carbons (Fsp3) is 0.100. The molecule has 0 aliphatic heterocycles. The van der Waals surface area contributed by atoms with E-state index in [2.05, 4.69) is 5.10 Å². The number of aryl methyl sites for hydroxylation is 1. The standard InChI is InChI=1S/C10H9ClN2/c1-8-3-4-9(7-10(8)11)13-6-2-5-12-13/h2-7H,1H3. The van der Waals surface area contributed by atoms with Gasteiger partial charge in [0.2, 0.25) is 0 Å². The molecule has 1 heterocycles. The molecule has 0 N–H and O–H groups in total. The Morgan fingerprint density at radius 2 is 2.23 bits per heavy atom. The van der Waals surface area contributed by atoms with E-state index < -0.39 is 0 Å². The van der Waals surface area contributed by atoms with Crippen LogP contribution in [0.4, 0.5) is 0 Å². The van der Waals surface area contributed by atoms with Crippen LogP contribution in [0.1, 0.15) is 5.56 Å². The predicted molar refractivity (Wildman–Crippen MR) is 53.3 cm³/mol. The SMILES string of the molecule is Cc1ccc(-n2cccn2)cc1Cl. The minimum atomic E-state index is 0.771. The molecule has 0 unspecified atom stereocenters. The molecule has 2 aromatic rings. The van der Waals surface area contributed by atoms with Gasteiger partial charge in [0.05, 0.1) is 5.69 Å². The third-order valence-corrected chi connectivity index (χ3v) is 2.33. The molecular weight excluding hydrogens is 184 g/mol. The van der Waals surface area contributed by atoms with Crippen LogP contribution in [0.3, 0.4) is 0 Å². The highest BCUT2D eigenvalue weighted by Gasteiger charge is 1.98. The topological polar surface area (TPSA) is 17.8 Å². The van der Waals surface area contributed by atoms with Gasteiger partial charge >= 0.3 is 0 Å². The summed E-state index contributed by atoms with van der Waals surface area (Å²) in [4.78, 5) is 0. The van der Waals surface area contributed by atoms with Gasteiger partial charge in [0.1, 0.15) is 0 Å². The predicted octanol–water partition coefficient (Wildman–Crippen LogP) is 2.83. The molecular formula is C10H9ClN2. The fourth-order valence-corrected chi connectivity index (χ4v) is 1.32. The minimum absolute atomic E-state index is 0.771. The number of halogens is 1. The lowest BCUT2D eigenvalue weighted by molar-refractivity contribution is 0.880. The van der Waals surface area contributed by atoms with E-state index in [4.69, 9.17) is 11.6 Å². The lowest BCUT2D eigenvalue weighted by Crippen LogP contribution is -1.93. The van der Waals surface area contributed by atoms with Crippen LogP contribution in [-0.2, 0) is 0 Å². The highest BCUT2D eigenvalue weighted by Crippen LogP contribution is 2.18. The first-order valence-electron chi connectivity index (χ1n) is 4.03. The third-order valence-electron chi connectivity index (χ3n) is 1.92. The molecule has 0 saturated carbocycles. The number of aromatic nitrogens is 2. The van der Waals surface area contributed by atoms with Crippen molar-refractivity contribution < 1.29 is 0 Å². The number of hydrogen-bond donors (Lipinski definition) is 0. The molecule has 0 spiro atoms. The zero-order chi connectivity index (χ0) is 9.26. The van der Waals surface area contributed by atoms with Crippen molar-refractivity contribution >= 4 is 11.6 Å². The van der Waals surface area contributed by atoms with Crippen molar-refractivity contribution in [1.82, 2.24) is 9.78 Å². The van der Waals surface area contributed by atoms with E-state index in [1.807, 2.05) is 37.4 Å². The Labute approximate surface area is 81.8 Å². The average Bonchev–Trinajstić information content (AvgIpc) is 2.62. The van der Waals surface area contributed by atoms with Gasteiger partial charge < -0.3 is 0 Å². The maximum Gasteiger partial charge on any atom is 0.0660 e. The largest absolute Gasteiger partial charge is 0.241 e. The van der Waals surface area contributed by atoms with Gasteiger partial charge in [0.15, 0.2) is 0 Å².